The Bertz CT molecular complexity index is 497. The average molecular weight is 325 g/mol. The molecule has 0 aliphatic carbocycles. The molecule has 0 bridgehead atoms. The van der Waals surface area contributed by atoms with Gasteiger partial charge in [-0.25, -0.2) is 0 Å². The molecule has 0 unspecified atom stereocenters. The van der Waals surface area contributed by atoms with Gasteiger partial charge in [-0.15, -0.1) is 0 Å². The number of hydrogen-bond acceptors (Lipinski definition) is 1. The van der Waals surface area contributed by atoms with Gasteiger partial charge in [0.05, 0.1) is 0 Å². The van der Waals surface area contributed by atoms with E-state index in [1.807, 2.05) is 12.1 Å². The van der Waals surface area contributed by atoms with Gasteiger partial charge in [-0.2, -0.15) is 0 Å². The van der Waals surface area contributed by atoms with Gasteiger partial charge in [0, 0.05) is 0 Å². The van der Waals surface area contributed by atoms with Crippen LogP contribution in [0.1, 0.15) is 11.1 Å². The van der Waals surface area contributed by atoms with E-state index >= 15 is 0 Å². The van der Waals surface area contributed by atoms with Crippen molar-refractivity contribution in [2.75, 3.05) is 6.54 Å². The number of rotatable bonds is 6. The molecule has 0 radical (unpaired) electrons. The second kappa shape index (κ2) is 8.58. The molecule has 2 rings (SSSR count). The van der Waals surface area contributed by atoms with E-state index < -0.39 is 14.7 Å². The van der Waals surface area contributed by atoms with Crippen LogP contribution in [0, 0.1) is 0 Å². The predicted octanol–water partition coefficient (Wildman–Crippen LogP) is 3.95. The maximum absolute atomic E-state index is 5.74. The van der Waals surface area contributed by atoms with E-state index in [4.69, 9.17) is 5.73 Å². The number of nitrogens with two attached hydrogens (primary N) is 1. The molecule has 0 saturated carbocycles. The summed E-state index contributed by atoms with van der Waals surface area (Å²) in [7, 11) is 0. The normalized spacial score (nSPS) is 13.1. The third kappa shape index (κ3) is 5.20. The topological polar surface area (TPSA) is 26.0 Å². The van der Waals surface area contributed by atoms with Crippen molar-refractivity contribution in [1.82, 2.24) is 0 Å². The van der Waals surface area contributed by atoms with Crippen molar-refractivity contribution in [2.24, 2.45) is 5.73 Å². The van der Waals surface area contributed by atoms with Crippen LogP contribution in [0.25, 0.3) is 12.2 Å². The van der Waals surface area contributed by atoms with Crippen LogP contribution in [0.3, 0.4) is 0 Å². The summed E-state index contributed by atoms with van der Waals surface area (Å²) in [5, 5.41) is 1.11. The molecule has 2 aromatic rings. The first-order valence-corrected chi connectivity index (χ1v) is 10.3. The fraction of sp³-hybridized carbons (Fsp3) is 0.111. The average Bonchev–Trinajstić information content (AvgIpc) is 2.52. The summed E-state index contributed by atoms with van der Waals surface area (Å²) in [6.07, 6.45) is 4.45. The zero-order valence-electron chi connectivity index (χ0n) is 11.5. The van der Waals surface area contributed by atoms with E-state index in [-0.39, 0.29) is 0 Å². The number of benzene rings is 2. The minimum absolute atomic E-state index is 0.762. The molecule has 0 fully saturated rings. The molecular weight excluding hydrogens is 305 g/mol. The van der Waals surface area contributed by atoms with E-state index in [1.165, 1.54) is 11.1 Å². The Morgan fingerprint density at radius 1 is 0.750 bits per heavy atom. The Morgan fingerprint density at radius 2 is 1.20 bits per heavy atom. The monoisotopic (exact) mass is 325 g/mol. The van der Waals surface area contributed by atoms with E-state index in [0.29, 0.717) is 0 Å². The summed E-state index contributed by atoms with van der Waals surface area (Å²) in [5.74, 6) is 0. The van der Waals surface area contributed by atoms with Gasteiger partial charge in [0.2, 0.25) is 0 Å². The first-order chi connectivity index (χ1) is 9.88. The first-order valence-electron chi connectivity index (χ1n) is 6.81. The fourth-order valence-electron chi connectivity index (χ4n) is 1.84. The van der Waals surface area contributed by atoms with Gasteiger partial charge in [0.15, 0.2) is 0 Å². The summed E-state index contributed by atoms with van der Waals surface area (Å²) in [5.41, 5.74) is 8.26. The minimum atomic E-state index is -1.13. The van der Waals surface area contributed by atoms with Crippen molar-refractivity contribution in [1.29, 1.82) is 0 Å². The molecule has 0 aliphatic rings. The van der Waals surface area contributed by atoms with Gasteiger partial charge in [0.1, 0.15) is 0 Å². The fourth-order valence-corrected chi connectivity index (χ4v) is 4.83. The molecule has 0 amide bonds. The summed E-state index contributed by atoms with van der Waals surface area (Å²) in [6, 6.07) is 20.9. The molecular formula is C18H20AsN. The van der Waals surface area contributed by atoms with E-state index in [1.54, 1.807) is 0 Å². The van der Waals surface area contributed by atoms with Crippen LogP contribution in [-0.2, 0) is 0 Å². The predicted molar refractivity (Wildman–Crippen MR) is 90.6 cm³/mol. The van der Waals surface area contributed by atoms with Crippen molar-refractivity contribution in [2.45, 2.75) is 5.21 Å². The molecule has 0 heterocycles. The maximum atomic E-state index is 5.74. The second-order valence-corrected chi connectivity index (χ2v) is 8.83. The molecule has 0 atom stereocenters. The zero-order chi connectivity index (χ0) is 14.0. The molecule has 20 heavy (non-hydrogen) atoms. The first kappa shape index (κ1) is 14.8. The van der Waals surface area contributed by atoms with E-state index in [9.17, 15) is 0 Å². The molecule has 2 aromatic carbocycles. The van der Waals surface area contributed by atoms with Crippen molar-refractivity contribution < 1.29 is 0 Å². The van der Waals surface area contributed by atoms with Crippen molar-refractivity contribution >= 4 is 26.8 Å². The summed E-state index contributed by atoms with van der Waals surface area (Å²) in [6.45, 7) is 0.762. The quantitative estimate of drug-likeness (QED) is 0.800. The molecule has 0 saturated heterocycles. The van der Waals surface area contributed by atoms with E-state index in [0.717, 1.165) is 11.8 Å². The van der Waals surface area contributed by atoms with Gasteiger partial charge in [-0.3, -0.25) is 0 Å². The molecule has 2 heteroatoms. The molecule has 0 aromatic heterocycles. The van der Waals surface area contributed by atoms with Gasteiger partial charge in [-0.1, -0.05) is 0 Å². The molecule has 0 spiro atoms. The Hall–Kier alpha value is -1.56. The molecule has 2 N–H and O–H groups in total. The molecule has 102 valence electrons. The Labute approximate surface area is 126 Å². The van der Waals surface area contributed by atoms with Gasteiger partial charge in [0.25, 0.3) is 0 Å². The van der Waals surface area contributed by atoms with Gasteiger partial charge >= 0.3 is 126 Å². The van der Waals surface area contributed by atoms with Gasteiger partial charge in [-0.05, 0) is 0 Å². The van der Waals surface area contributed by atoms with Crippen LogP contribution < -0.4 is 5.73 Å². The standard InChI is InChI=1S/C18H20AsN/c20-16-15-19(13-11-17-7-3-1-4-8-17)14-12-18-9-5-2-6-10-18/h1-14H,15-16,20H2. The van der Waals surface area contributed by atoms with Crippen LogP contribution >= 0.6 is 0 Å². The Morgan fingerprint density at radius 3 is 1.60 bits per heavy atom. The van der Waals surface area contributed by atoms with Crippen LogP contribution in [0.15, 0.2) is 70.4 Å². The third-order valence-corrected chi connectivity index (χ3v) is 6.76. The van der Waals surface area contributed by atoms with Crippen molar-refractivity contribution in [3.05, 3.63) is 81.5 Å². The Kier molecular flexibility index (Phi) is 6.36. The SMILES string of the molecule is NCC[As](C=Cc1ccccc1)C=Cc1ccccc1. The summed E-state index contributed by atoms with van der Waals surface area (Å²) >= 11 is -1.13. The second-order valence-electron chi connectivity index (χ2n) is 4.48. The van der Waals surface area contributed by atoms with Crippen molar-refractivity contribution in [3.8, 4) is 0 Å². The van der Waals surface area contributed by atoms with E-state index in [2.05, 4.69) is 70.4 Å². The molecule has 0 aliphatic heterocycles. The van der Waals surface area contributed by atoms with Crippen LogP contribution in [0.4, 0.5) is 0 Å². The third-order valence-electron chi connectivity index (χ3n) is 2.90. The zero-order valence-corrected chi connectivity index (χ0v) is 13.4. The molecule has 1 nitrogen and oxygen atoms in total. The number of hydrogen-bond donors (Lipinski definition) is 1. The van der Waals surface area contributed by atoms with Crippen LogP contribution in [0.5, 0.6) is 0 Å². The summed E-state index contributed by atoms with van der Waals surface area (Å²) < 4.78 is 0. The van der Waals surface area contributed by atoms with Crippen LogP contribution in [-0.4, -0.2) is 21.2 Å². The summed E-state index contributed by atoms with van der Waals surface area (Å²) in [4.78, 5) is 4.74. The van der Waals surface area contributed by atoms with Gasteiger partial charge < -0.3 is 0 Å². The van der Waals surface area contributed by atoms with Crippen LogP contribution in [0.2, 0.25) is 5.21 Å². The Balaban J connectivity index is 2.04. The van der Waals surface area contributed by atoms with Crippen molar-refractivity contribution in [3.63, 3.8) is 0 Å².